The summed E-state index contributed by atoms with van der Waals surface area (Å²) in [4.78, 5) is 10.5. The van der Waals surface area contributed by atoms with E-state index in [2.05, 4.69) is 0 Å². The molecule has 0 bridgehead atoms. The van der Waals surface area contributed by atoms with Crippen LogP contribution < -0.4 is 9.47 Å². The van der Waals surface area contributed by atoms with Gasteiger partial charge in [-0.05, 0) is 30.3 Å². The second-order valence-electron chi connectivity index (χ2n) is 3.95. The lowest BCUT2D eigenvalue weighted by molar-refractivity contribution is -0.385. The normalized spacial score (nSPS) is 9.76. The van der Waals surface area contributed by atoms with Crippen LogP contribution in [0, 0.1) is 21.4 Å². The fourth-order valence-electron chi connectivity index (χ4n) is 1.62. The highest BCUT2D eigenvalue weighted by molar-refractivity contribution is 6.32. The molecule has 0 aliphatic rings. The molecule has 2 aromatic carbocycles. The number of nitro benzene ring substituents is 1. The van der Waals surface area contributed by atoms with E-state index in [1.54, 1.807) is 6.07 Å². The summed E-state index contributed by atoms with van der Waals surface area (Å²) in [5, 5.41) is 20.0. The average Bonchev–Trinajstić information content (AvgIpc) is 2.49. The zero-order valence-corrected chi connectivity index (χ0v) is 11.6. The molecule has 0 unspecified atom stereocenters. The van der Waals surface area contributed by atoms with E-state index in [0.29, 0.717) is 11.3 Å². The van der Waals surface area contributed by atoms with Crippen LogP contribution in [0.4, 0.5) is 5.69 Å². The van der Waals surface area contributed by atoms with Crippen LogP contribution in [0.25, 0.3) is 0 Å². The summed E-state index contributed by atoms with van der Waals surface area (Å²) < 4.78 is 10.4. The monoisotopic (exact) mass is 304 g/mol. The Morgan fingerprint density at radius 2 is 1.95 bits per heavy atom. The minimum Gasteiger partial charge on any atom is -0.496 e. The average molecular weight is 305 g/mol. The predicted octanol–water partition coefficient (Wildman–Crippen LogP) is 3.92. The Labute approximate surface area is 125 Å². The first-order chi connectivity index (χ1) is 10.0. The molecule has 2 rings (SSSR count). The topological polar surface area (TPSA) is 85.4 Å². The van der Waals surface area contributed by atoms with Gasteiger partial charge in [0.05, 0.1) is 34.8 Å². The van der Waals surface area contributed by atoms with Crippen LogP contribution in [0.3, 0.4) is 0 Å². The lowest BCUT2D eigenvalue weighted by Gasteiger charge is -2.09. The smallest absolute Gasteiger partial charge is 0.315 e. The number of nitro groups is 1. The van der Waals surface area contributed by atoms with Crippen LogP contribution in [-0.2, 0) is 0 Å². The minimum absolute atomic E-state index is 0.0346. The molecule has 0 fully saturated rings. The van der Waals surface area contributed by atoms with E-state index < -0.39 is 4.92 Å². The fourth-order valence-corrected chi connectivity index (χ4v) is 1.84. The third-order valence-electron chi connectivity index (χ3n) is 2.64. The molecule has 7 heteroatoms. The van der Waals surface area contributed by atoms with Gasteiger partial charge in [0.25, 0.3) is 0 Å². The van der Waals surface area contributed by atoms with Gasteiger partial charge in [-0.25, -0.2) is 0 Å². The zero-order valence-electron chi connectivity index (χ0n) is 10.9. The molecule has 0 radical (unpaired) electrons. The molecule has 2 aromatic rings. The first kappa shape index (κ1) is 14.6. The first-order valence-electron chi connectivity index (χ1n) is 5.75. The summed E-state index contributed by atoms with van der Waals surface area (Å²) in [6, 6.07) is 10.6. The van der Waals surface area contributed by atoms with Crippen molar-refractivity contribution < 1.29 is 14.4 Å². The number of hydrogen-bond acceptors (Lipinski definition) is 5. The molecule has 21 heavy (non-hydrogen) atoms. The standard InChI is InChI=1S/C14H9ClN2O4/c1-20-10-3-5-14(12(7-10)17(18)19)21-13-4-2-9(8-16)6-11(13)15/h2-7H,1H3. The van der Waals surface area contributed by atoms with Gasteiger partial charge in [-0.3, -0.25) is 10.1 Å². The molecule has 0 atom stereocenters. The van der Waals surface area contributed by atoms with Gasteiger partial charge in [-0.1, -0.05) is 11.6 Å². The summed E-state index contributed by atoms with van der Waals surface area (Å²) in [5.74, 6) is 0.608. The van der Waals surface area contributed by atoms with E-state index in [0.717, 1.165) is 0 Å². The van der Waals surface area contributed by atoms with Gasteiger partial charge in [-0.15, -0.1) is 0 Å². The Bertz CT molecular complexity index is 740. The SMILES string of the molecule is COc1ccc(Oc2ccc(C#N)cc2Cl)c([N+](=O)[O-])c1. The van der Waals surface area contributed by atoms with Crippen molar-refractivity contribution in [3.63, 3.8) is 0 Å². The molecule has 0 aromatic heterocycles. The highest BCUT2D eigenvalue weighted by Gasteiger charge is 2.18. The van der Waals surface area contributed by atoms with Gasteiger partial charge in [0, 0.05) is 0 Å². The van der Waals surface area contributed by atoms with E-state index in [1.807, 2.05) is 6.07 Å². The quantitative estimate of drug-likeness (QED) is 0.631. The lowest BCUT2D eigenvalue weighted by Crippen LogP contribution is -1.95. The maximum Gasteiger partial charge on any atom is 0.315 e. The van der Waals surface area contributed by atoms with Gasteiger partial charge in [0.2, 0.25) is 5.75 Å². The molecule has 0 heterocycles. The van der Waals surface area contributed by atoms with Crippen LogP contribution in [0.15, 0.2) is 36.4 Å². The molecule has 0 spiro atoms. The molecular formula is C14H9ClN2O4. The van der Waals surface area contributed by atoms with Gasteiger partial charge >= 0.3 is 5.69 Å². The molecule has 0 saturated heterocycles. The number of hydrogen-bond donors (Lipinski definition) is 0. The van der Waals surface area contributed by atoms with Gasteiger partial charge in [0.1, 0.15) is 11.5 Å². The van der Waals surface area contributed by atoms with Crippen molar-refractivity contribution in [2.45, 2.75) is 0 Å². The van der Waals surface area contributed by atoms with Crippen molar-refractivity contribution in [2.75, 3.05) is 7.11 Å². The second kappa shape index (κ2) is 6.11. The van der Waals surface area contributed by atoms with Crippen molar-refractivity contribution in [2.24, 2.45) is 0 Å². The third-order valence-corrected chi connectivity index (χ3v) is 2.94. The van der Waals surface area contributed by atoms with Crippen LogP contribution in [-0.4, -0.2) is 12.0 Å². The molecule has 0 saturated carbocycles. The predicted molar refractivity (Wildman–Crippen MR) is 75.9 cm³/mol. The van der Waals surface area contributed by atoms with Crippen molar-refractivity contribution in [3.8, 4) is 23.3 Å². The minimum atomic E-state index is -0.574. The Hall–Kier alpha value is -2.78. The van der Waals surface area contributed by atoms with Crippen LogP contribution >= 0.6 is 11.6 Å². The van der Waals surface area contributed by atoms with Crippen molar-refractivity contribution >= 4 is 17.3 Å². The van der Waals surface area contributed by atoms with Crippen LogP contribution in [0.2, 0.25) is 5.02 Å². The molecule has 0 aliphatic heterocycles. The maximum atomic E-state index is 11.1. The molecule has 6 nitrogen and oxygen atoms in total. The number of methoxy groups -OCH3 is 1. The van der Waals surface area contributed by atoms with E-state index >= 15 is 0 Å². The fraction of sp³-hybridized carbons (Fsp3) is 0.0714. The highest BCUT2D eigenvalue weighted by Crippen LogP contribution is 2.37. The molecule has 0 aliphatic carbocycles. The molecular weight excluding hydrogens is 296 g/mol. The van der Waals surface area contributed by atoms with Gasteiger partial charge < -0.3 is 9.47 Å². The Balaban J connectivity index is 2.40. The van der Waals surface area contributed by atoms with Gasteiger partial charge in [-0.2, -0.15) is 5.26 Å². The van der Waals surface area contributed by atoms with E-state index in [-0.39, 0.29) is 22.2 Å². The molecule has 0 amide bonds. The summed E-state index contributed by atoms with van der Waals surface area (Å²) in [7, 11) is 1.41. The Kier molecular flexibility index (Phi) is 4.26. The van der Waals surface area contributed by atoms with Gasteiger partial charge in [0.15, 0.2) is 0 Å². The molecule has 0 N–H and O–H groups in total. The largest absolute Gasteiger partial charge is 0.496 e. The lowest BCUT2D eigenvalue weighted by atomic mass is 10.2. The number of rotatable bonds is 4. The third kappa shape index (κ3) is 3.22. The van der Waals surface area contributed by atoms with Crippen LogP contribution in [0.5, 0.6) is 17.2 Å². The number of ether oxygens (including phenoxy) is 2. The number of nitriles is 1. The Morgan fingerprint density at radius 1 is 1.24 bits per heavy atom. The summed E-state index contributed by atoms with van der Waals surface area (Å²) in [6.45, 7) is 0. The van der Waals surface area contributed by atoms with E-state index in [1.165, 1.54) is 37.4 Å². The van der Waals surface area contributed by atoms with Crippen molar-refractivity contribution in [1.29, 1.82) is 5.26 Å². The number of nitrogens with zero attached hydrogens (tertiary/aromatic N) is 2. The zero-order chi connectivity index (χ0) is 15.4. The van der Waals surface area contributed by atoms with E-state index in [4.69, 9.17) is 26.3 Å². The summed E-state index contributed by atoms with van der Waals surface area (Å²) in [6.07, 6.45) is 0. The first-order valence-corrected chi connectivity index (χ1v) is 6.13. The second-order valence-corrected chi connectivity index (χ2v) is 4.36. The number of benzene rings is 2. The highest BCUT2D eigenvalue weighted by atomic mass is 35.5. The van der Waals surface area contributed by atoms with Crippen LogP contribution in [0.1, 0.15) is 5.56 Å². The van der Waals surface area contributed by atoms with E-state index in [9.17, 15) is 10.1 Å². The maximum absolute atomic E-state index is 11.1. The Morgan fingerprint density at radius 3 is 2.52 bits per heavy atom. The summed E-state index contributed by atoms with van der Waals surface area (Å²) >= 11 is 5.98. The molecule has 106 valence electrons. The van der Waals surface area contributed by atoms with Crippen molar-refractivity contribution in [3.05, 3.63) is 57.1 Å². The number of halogens is 1. The van der Waals surface area contributed by atoms with Crippen molar-refractivity contribution in [1.82, 2.24) is 0 Å². The summed E-state index contributed by atoms with van der Waals surface area (Å²) in [5.41, 5.74) is 0.131.